The maximum atomic E-state index is 12.2. The minimum atomic E-state index is 0.318. The van der Waals surface area contributed by atoms with E-state index in [9.17, 15) is 4.79 Å². The standard InChI is InChI=1S/C14H22N4OS/c19-14(11-20-13-3-1-2-4-13)17-8-5-12(6-9-17)18-10-7-15-16-18/h7,10,12-13H,1-6,8-9,11H2. The molecule has 1 aromatic heterocycles. The Morgan fingerprint density at radius 3 is 2.60 bits per heavy atom. The van der Waals surface area contributed by atoms with Crippen molar-refractivity contribution in [2.45, 2.75) is 49.8 Å². The summed E-state index contributed by atoms with van der Waals surface area (Å²) in [5.41, 5.74) is 0. The number of piperidine rings is 1. The molecular formula is C14H22N4OS. The van der Waals surface area contributed by atoms with E-state index in [4.69, 9.17) is 0 Å². The van der Waals surface area contributed by atoms with Crippen LogP contribution in [0.2, 0.25) is 0 Å². The molecule has 5 nitrogen and oxygen atoms in total. The van der Waals surface area contributed by atoms with Crippen LogP contribution in [-0.2, 0) is 4.79 Å². The first-order valence-corrected chi connectivity index (χ1v) is 8.63. The molecule has 2 fully saturated rings. The van der Waals surface area contributed by atoms with Gasteiger partial charge in [0, 0.05) is 24.5 Å². The highest BCUT2D eigenvalue weighted by Gasteiger charge is 2.25. The Balaban J connectivity index is 1.42. The number of carbonyl (C=O) groups excluding carboxylic acids is 1. The number of carbonyl (C=O) groups is 1. The maximum Gasteiger partial charge on any atom is 0.232 e. The van der Waals surface area contributed by atoms with Crippen molar-refractivity contribution in [3.8, 4) is 0 Å². The van der Waals surface area contributed by atoms with E-state index in [2.05, 4.69) is 10.3 Å². The van der Waals surface area contributed by atoms with Gasteiger partial charge in [0.1, 0.15) is 0 Å². The summed E-state index contributed by atoms with van der Waals surface area (Å²) in [4.78, 5) is 14.2. The van der Waals surface area contributed by atoms with Gasteiger partial charge >= 0.3 is 0 Å². The number of thioether (sulfide) groups is 1. The fourth-order valence-electron chi connectivity index (χ4n) is 3.13. The summed E-state index contributed by atoms with van der Waals surface area (Å²) in [5.74, 6) is 0.984. The van der Waals surface area contributed by atoms with Crippen molar-refractivity contribution in [3.05, 3.63) is 12.4 Å². The Morgan fingerprint density at radius 1 is 1.20 bits per heavy atom. The average Bonchev–Trinajstić information content (AvgIpc) is 3.18. The lowest BCUT2D eigenvalue weighted by molar-refractivity contribution is -0.129. The molecule has 1 aromatic rings. The summed E-state index contributed by atoms with van der Waals surface area (Å²) in [6.45, 7) is 1.71. The zero-order chi connectivity index (χ0) is 13.8. The van der Waals surface area contributed by atoms with Gasteiger partial charge in [0.2, 0.25) is 5.91 Å². The van der Waals surface area contributed by atoms with Gasteiger partial charge in [-0.2, -0.15) is 0 Å². The van der Waals surface area contributed by atoms with Crippen molar-refractivity contribution in [2.24, 2.45) is 0 Å². The van der Waals surface area contributed by atoms with Crippen LogP contribution in [0.5, 0.6) is 0 Å². The van der Waals surface area contributed by atoms with Gasteiger partial charge in [0.05, 0.1) is 18.0 Å². The van der Waals surface area contributed by atoms with Crippen molar-refractivity contribution in [2.75, 3.05) is 18.8 Å². The topological polar surface area (TPSA) is 51.0 Å². The van der Waals surface area contributed by atoms with Crippen LogP contribution in [-0.4, -0.2) is 49.9 Å². The van der Waals surface area contributed by atoms with Crippen molar-refractivity contribution < 1.29 is 4.79 Å². The fourth-order valence-corrected chi connectivity index (χ4v) is 4.35. The third kappa shape index (κ3) is 3.34. The first-order chi connectivity index (χ1) is 9.83. The number of likely N-dealkylation sites (tertiary alicyclic amines) is 1. The van der Waals surface area contributed by atoms with Crippen LogP contribution >= 0.6 is 11.8 Å². The minimum absolute atomic E-state index is 0.318. The number of hydrogen-bond donors (Lipinski definition) is 0. The lowest BCUT2D eigenvalue weighted by atomic mass is 10.1. The molecule has 1 aliphatic carbocycles. The van der Waals surface area contributed by atoms with Crippen molar-refractivity contribution in [1.29, 1.82) is 0 Å². The third-order valence-corrected chi connectivity index (χ3v) is 5.73. The van der Waals surface area contributed by atoms with Gasteiger partial charge in [0.15, 0.2) is 0 Å². The molecule has 1 saturated heterocycles. The molecule has 110 valence electrons. The summed E-state index contributed by atoms with van der Waals surface area (Å²) < 4.78 is 1.93. The molecule has 3 rings (SSSR count). The lowest BCUT2D eigenvalue weighted by Crippen LogP contribution is -2.40. The van der Waals surface area contributed by atoms with Gasteiger partial charge in [-0.25, -0.2) is 4.68 Å². The largest absolute Gasteiger partial charge is 0.342 e. The molecule has 0 aromatic carbocycles. The third-order valence-electron chi connectivity index (χ3n) is 4.38. The van der Waals surface area contributed by atoms with Crippen LogP contribution in [0.15, 0.2) is 12.4 Å². The van der Waals surface area contributed by atoms with Gasteiger partial charge in [-0.3, -0.25) is 4.79 Å². The van der Waals surface area contributed by atoms with E-state index in [0.29, 0.717) is 17.7 Å². The molecule has 1 amide bonds. The van der Waals surface area contributed by atoms with Gasteiger partial charge < -0.3 is 4.90 Å². The molecule has 1 saturated carbocycles. The van der Waals surface area contributed by atoms with Crippen LogP contribution in [0, 0.1) is 0 Å². The summed E-state index contributed by atoms with van der Waals surface area (Å²) >= 11 is 1.87. The molecule has 0 N–H and O–H groups in total. The van der Waals surface area contributed by atoms with Crippen LogP contribution in [0.1, 0.15) is 44.6 Å². The number of aromatic nitrogens is 3. The van der Waals surface area contributed by atoms with Gasteiger partial charge in [-0.15, -0.1) is 16.9 Å². The second kappa shape index (κ2) is 6.61. The van der Waals surface area contributed by atoms with Crippen LogP contribution in [0.3, 0.4) is 0 Å². The number of rotatable bonds is 4. The van der Waals surface area contributed by atoms with E-state index in [0.717, 1.165) is 31.2 Å². The van der Waals surface area contributed by atoms with Gasteiger partial charge in [0.25, 0.3) is 0 Å². The Hall–Kier alpha value is -1.04. The molecule has 0 unspecified atom stereocenters. The van der Waals surface area contributed by atoms with E-state index in [1.165, 1.54) is 25.7 Å². The molecule has 0 spiro atoms. The van der Waals surface area contributed by atoms with E-state index >= 15 is 0 Å². The zero-order valence-electron chi connectivity index (χ0n) is 11.8. The van der Waals surface area contributed by atoms with Crippen molar-refractivity contribution in [3.63, 3.8) is 0 Å². The normalized spacial score (nSPS) is 21.5. The van der Waals surface area contributed by atoms with Crippen LogP contribution < -0.4 is 0 Å². The zero-order valence-corrected chi connectivity index (χ0v) is 12.6. The Labute approximate surface area is 124 Å². The second-order valence-corrected chi connectivity index (χ2v) is 7.00. The van der Waals surface area contributed by atoms with E-state index in [-0.39, 0.29) is 0 Å². The SMILES string of the molecule is O=C(CSC1CCCC1)N1CCC(n2ccnn2)CC1. The molecule has 0 atom stereocenters. The Bertz CT molecular complexity index is 422. The molecular weight excluding hydrogens is 272 g/mol. The highest BCUT2D eigenvalue weighted by atomic mass is 32.2. The number of amides is 1. The summed E-state index contributed by atoms with van der Waals surface area (Å²) in [7, 11) is 0. The van der Waals surface area contributed by atoms with E-state index in [1.54, 1.807) is 6.20 Å². The first kappa shape index (κ1) is 13.9. The molecule has 20 heavy (non-hydrogen) atoms. The van der Waals surface area contributed by atoms with Gasteiger partial charge in [-0.05, 0) is 25.7 Å². The highest BCUT2D eigenvalue weighted by molar-refractivity contribution is 8.00. The number of nitrogens with zero attached hydrogens (tertiary/aromatic N) is 4. The first-order valence-electron chi connectivity index (χ1n) is 7.58. The minimum Gasteiger partial charge on any atom is -0.342 e. The predicted molar refractivity (Wildman–Crippen MR) is 79.6 cm³/mol. The molecule has 0 bridgehead atoms. The van der Waals surface area contributed by atoms with E-state index in [1.807, 2.05) is 27.5 Å². The summed E-state index contributed by atoms with van der Waals surface area (Å²) in [6.07, 6.45) is 10.9. The molecule has 0 radical (unpaired) electrons. The fraction of sp³-hybridized carbons (Fsp3) is 0.786. The quantitative estimate of drug-likeness (QED) is 0.853. The summed E-state index contributed by atoms with van der Waals surface area (Å²) in [6, 6.07) is 0.407. The predicted octanol–water partition coefficient (Wildman–Crippen LogP) is 2.12. The monoisotopic (exact) mass is 294 g/mol. The average molecular weight is 294 g/mol. The van der Waals surface area contributed by atoms with Crippen LogP contribution in [0.4, 0.5) is 0 Å². The maximum absolute atomic E-state index is 12.2. The van der Waals surface area contributed by atoms with Crippen LogP contribution in [0.25, 0.3) is 0 Å². The smallest absolute Gasteiger partial charge is 0.232 e. The Morgan fingerprint density at radius 2 is 1.95 bits per heavy atom. The molecule has 2 aliphatic rings. The summed E-state index contributed by atoms with van der Waals surface area (Å²) in [5, 5.41) is 8.64. The Kier molecular flexibility index (Phi) is 4.60. The molecule has 2 heterocycles. The second-order valence-electron chi connectivity index (χ2n) is 5.71. The van der Waals surface area contributed by atoms with Crippen molar-refractivity contribution in [1.82, 2.24) is 19.9 Å². The van der Waals surface area contributed by atoms with Gasteiger partial charge in [-0.1, -0.05) is 18.1 Å². The molecule has 6 heteroatoms. The number of hydrogen-bond acceptors (Lipinski definition) is 4. The highest BCUT2D eigenvalue weighted by Crippen LogP contribution is 2.30. The van der Waals surface area contributed by atoms with E-state index < -0.39 is 0 Å². The van der Waals surface area contributed by atoms with Crippen molar-refractivity contribution >= 4 is 17.7 Å². The molecule has 1 aliphatic heterocycles. The lowest BCUT2D eigenvalue weighted by Gasteiger charge is -2.32.